The van der Waals surface area contributed by atoms with Crippen molar-refractivity contribution in [3.05, 3.63) is 0 Å². The Morgan fingerprint density at radius 2 is 1.89 bits per heavy atom. The standard InChI is InChI=1S/C16H30BrNO/c1-4-5-6-14-7-9-15(10-8-14)16(19)18-13(3)12(2)11-17/h12-15H,4-11H2,1-3H3,(H,18,19). The smallest absolute Gasteiger partial charge is 0.223 e. The van der Waals surface area contributed by atoms with Crippen molar-refractivity contribution in [2.45, 2.75) is 71.8 Å². The summed E-state index contributed by atoms with van der Waals surface area (Å²) in [6.07, 6.45) is 8.69. The van der Waals surface area contributed by atoms with Gasteiger partial charge in [0.2, 0.25) is 5.91 Å². The normalized spacial score (nSPS) is 26.7. The minimum Gasteiger partial charge on any atom is -0.353 e. The Morgan fingerprint density at radius 3 is 2.42 bits per heavy atom. The van der Waals surface area contributed by atoms with E-state index in [0.29, 0.717) is 5.92 Å². The molecule has 2 atom stereocenters. The van der Waals surface area contributed by atoms with Crippen LogP contribution in [0.1, 0.15) is 65.7 Å². The maximum Gasteiger partial charge on any atom is 0.223 e. The third-order valence-corrected chi connectivity index (χ3v) is 5.67. The number of hydrogen-bond acceptors (Lipinski definition) is 1. The molecule has 2 nitrogen and oxygen atoms in total. The Kier molecular flexibility index (Phi) is 8.05. The molecule has 0 aliphatic heterocycles. The highest BCUT2D eigenvalue weighted by molar-refractivity contribution is 9.09. The predicted molar refractivity (Wildman–Crippen MR) is 85.5 cm³/mol. The predicted octanol–water partition coefficient (Wildman–Crippen LogP) is 4.52. The summed E-state index contributed by atoms with van der Waals surface area (Å²) in [5, 5.41) is 4.13. The van der Waals surface area contributed by atoms with E-state index in [1.807, 2.05) is 0 Å². The molecule has 1 aliphatic carbocycles. The van der Waals surface area contributed by atoms with Gasteiger partial charge in [0.1, 0.15) is 0 Å². The van der Waals surface area contributed by atoms with E-state index >= 15 is 0 Å². The first-order valence-corrected chi connectivity index (χ1v) is 9.06. The van der Waals surface area contributed by atoms with Crippen LogP contribution in [0.2, 0.25) is 0 Å². The van der Waals surface area contributed by atoms with E-state index < -0.39 is 0 Å². The number of carbonyl (C=O) groups is 1. The molecule has 1 fully saturated rings. The molecule has 1 saturated carbocycles. The number of rotatable bonds is 7. The average molecular weight is 332 g/mol. The van der Waals surface area contributed by atoms with E-state index in [1.165, 1.54) is 32.1 Å². The second-order valence-corrected chi connectivity index (χ2v) is 6.94. The third kappa shape index (κ3) is 5.85. The molecule has 2 unspecified atom stereocenters. The van der Waals surface area contributed by atoms with Gasteiger partial charge in [-0.15, -0.1) is 0 Å². The number of carbonyl (C=O) groups excluding carboxylic acids is 1. The van der Waals surface area contributed by atoms with Crippen molar-refractivity contribution in [2.24, 2.45) is 17.8 Å². The van der Waals surface area contributed by atoms with Crippen LogP contribution >= 0.6 is 15.9 Å². The summed E-state index contributed by atoms with van der Waals surface area (Å²) in [5.41, 5.74) is 0. The van der Waals surface area contributed by atoms with Gasteiger partial charge in [-0.25, -0.2) is 0 Å². The summed E-state index contributed by atoms with van der Waals surface area (Å²) in [5.74, 6) is 1.92. The van der Waals surface area contributed by atoms with Crippen molar-refractivity contribution in [3.8, 4) is 0 Å². The average Bonchev–Trinajstić information content (AvgIpc) is 2.44. The SMILES string of the molecule is CCCCC1CCC(C(=O)NC(C)C(C)CBr)CC1. The van der Waals surface area contributed by atoms with Crippen molar-refractivity contribution in [1.82, 2.24) is 5.32 Å². The van der Waals surface area contributed by atoms with E-state index in [2.05, 4.69) is 42.0 Å². The van der Waals surface area contributed by atoms with Gasteiger partial charge in [0.05, 0.1) is 0 Å². The first-order chi connectivity index (χ1) is 9.08. The fraction of sp³-hybridized carbons (Fsp3) is 0.938. The molecule has 0 aromatic heterocycles. The summed E-state index contributed by atoms with van der Waals surface area (Å²) < 4.78 is 0. The molecule has 0 saturated heterocycles. The molecule has 1 rings (SSSR count). The molecule has 19 heavy (non-hydrogen) atoms. The fourth-order valence-corrected chi connectivity index (χ4v) is 3.38. The molecule has 1 aliphatic rings. The fourth-order valence-electron chi connectivity index (χ4n) is 2.82. The van der Waals surface area contributed by atoms with E-state index in [-0.39, 0.29) is 17.9 Å². The highest BCUT2D eigenvalue weighted by Crippen LogP contribution is 2.32. The maximum absolute atomic E-state index is 12.2. The van der Waals surface area contributed by atoms with Crippen LogP contribution in [0.25, 0.3) is 0 Å². The lowest BCUT2D eigenvalue weighted by atomic mass is 9.79. The Balaban J connectivity index is 2.28. The molecule has 0 radical (unpaired) electrons. The first kappa shape index (κ1) is 17.0. The van der Waals surface area contributed by atoms with Crippen molar-refractivity contribution in [2.75, 3.05) is 5.33 Å². The van der Waals surface area contributed by atoms with Crippen LogP contribution in [0.3, 0.4) is 0 Å². The van der Waals surface area contributed by atoms with Gasteiger partial charge in [0, 0.05) is 17.3 Å². The molecule has 0 aromatic carbocycles. The number of alkyl halides is 1. The van der Waals surface area contributed by atoms with Gasteiger partial charge < -0.3 is 5.32 Å². The number of unbranched alkanes of at least 4 members (excludes halogenated alkanes) is 1. The molecular formula is C16H30BrNO. The lowest BCUT2D eigenvalue weighted by Crippen LogP contribution is -2.42. The number of amides is 1. The van der Waals surface area contributed by atoms with Gasteiger partial charge in [0.15, 0.2) is 0 Å². The zero-order valence-corrected chi connectivity index (χ0v) is 14.3. The van der Waals surface area contributed by atoms with Crippen LogP contribution in [0.15, 0.2) is 0 Å². The van der Waals surface area contributed by atoms with Gasteiger partial charge in [-0.1, -0.05) is 49.0 Å². The molecule has 112 valence electrons. The molecular weight excluding hydrogens is 302 g/mol. The topological polar surface area (TPSA) is 29.1 Å². The Labute approximate surface area is 127 Å². The molecule has 1 N–H and O–H groups in total. The first-order valence-electron chi connectivity index (χ1n) is 7.94. The zero-order valence-electron chi connectivity index (χ0n) is 12.8. The van der Waals surface area contributed by atoms with Crippen LogP contribution in [0, 0.1) is 17.8 Å². The Morgan fingerprint density at radius 1 is 1.26 bits per heavy atom. The lowest BCUT2D eigenvalue weighted by molar-refractivity contribution is -0.127. The van der Waals surface area contributed by atoms with E-state index in [9.17, 15) is 4.79 Å². The third-order valence-electron chi connectivity index (χ3n) is 4.65. The van der Waals surface area contributed by atoms with E-state index in [4.69, 9.17) is 0 Å². The van der Waals surface area contributed by atoms with Gasteiger partial charge in [-0.3, -0.25) is 4.79 Å². The molecule has 0 heterocycles. The van der Waals surface area contributed by atoms with Gasteiger partial charge >= 0.3 is 0 Å². The summed E-state index contributed by atoms with van der Waals surface area (Å²) in [4.78, 5) is 12.2. The minimum atomic E-state index is 0.267. The summed E-state index contributed by atoms with van der Waals surface area (Å²) in [7, 11) is 0. The largest absolute Gasteiger partial charge is 0.353 e. The van der Waals surface area contributed by atoms with Crippen molar-refractivity contribution < 1.29 is 4.79 Å². The van der Waals surface area contributed by atoms with Crippen LogP contribution in [-0.4, -0.2) is 17.3 Å². The minimum absolute atomic E-state index is 0.267. The van der Waals surface area contributed by atoms with Gasteiger partial charge in [0.25, 0.3) is 0 Å². The molecule has 0 aromatic rings. The van der Waals surface area contributed by atoms with Crippen LogP contribution in [0.4, 0.5) is 0 Å². The van der Waals surface area contributed by atoms with Crippen molar-refractivity contribution >= 4 is 21.8 Å². The van der Waals surface area contributed by atoms with Crippen molar-refractivity contribution in [3.63, 3.8) is 0 Å². The number of halogens is 1. The lowest BCUT2D eigenvalue weighted by Gasteiger charge is -2.29. The maximum atomic E-state index is 12.2. The molecule has 0 spiro atoms. The Bertz CT molecular complexity index is 261. The van der Waals surface area contributed by atoms with Crippen LogP contribution in [0.5, 0.6) is 0 Å². The highest BCUT2D eigenvalue weighted by atomic mass is 79.9. The highest BCUT2D eigenvalue weighted by Gasteiger charge is 2.27. The zero-order chi connectivity index (χ0) is 14.3. The number of hydrogen-bond donors (Lipinski definition) is 1. The van der Waals surface area contributed by atoms with Crippen molar-refractivity contribution in [1.29, 1.82) is 0 Å². The van der Waals surface area contributed by atoms with Crippen LogP contribution < -0.4 is 5.32 Å². The van der Waals surface area contributed by atoms with E-state index in [1.54, 1.807) is 0 Å². The molecule has 0 bridgehead atoms. The van der Waals surface area contributed by atoms with Gasteiger partial charge in [-0.05, 0) is 44.4 Å². The Hall–Kier alpha value is -0.0500. The van der Waals surface area contributed by atoms with Gasteiger partial charge in [-0.2, -0.15) is 0 Å². The summed E-state index contributed by atoms with van der Waals surface area (Å²) in [6.45, 7) is 6.53. The monoisotopic (exact) mass is 331 g/mol. The second kappa shape index (κ2) is 8.99. The summed E-state index contributed by atoms with van der Waals surface area (Å²) >= 11 is 3.48. The number of nitrogens with one attached hydrogen (secondary N) is 1. The quantitative estimate of drug-likeness (QED) is 0.683. The van der Waals surface area contributed by atoms with E-state index in [0.717, 1.165) is 24.1 Å². The molecule has 1 amide bonds. The van der Waals surface area contributed by atoms with Crippen LogP contribution in [-0.2, 0) is 4.79 Å². The molecule has 3 heteroatoms. The second-order valence-electron chi connectivity index (χ2n) is 6.29. The summed E-state index contributed by atoms with van der Waals surface area (Å²) in [6, 6.07) is 0.268.